The molecule has 1 saturated carbocycles. The van der Waals surface area contributed by atoms with Gasteiger partial charge in [-0.25, -0.2) is 5.84 Å². The number of hydrazine groups is 1. The van der Waals surface area contributed by atoms with E-state index < -0.39 is 0 Å². The Hall–Kier alpha value is -0.420. The molecule has 0 aromatic heterocycles. The standard InChI is InChI=1S/C7H16N4S/c1-12-7(3-2-4-7)5-10-6(8)11-9/h2-5,9H2,1H3,(H3,8,10,11). The van der Waals surface area contributed by atoms with Gasteiger partial charge in [-0.15, -0.1) is 0 Å². The summed E-state index contributed by atoms with van der Waals surface area (Å²) in [6.45, 7) is 0.782. The molecule has 0 atom stereocenters. The molecule has 0 spiro atoms. The van der Waals surface area contributed by atoms with Gasteiger partial charge in [0.15, 0.2) is 0 Å². The van der Waals surface area contributed by atoms with E-state index >= 15 is 0 Å². The van der Waals surface area contributed by atoms with Crippen molar-refractivity contribution in [1.29, 1.82) is 0 Å². The molecular weight excluding hydrogens is 172 g/mol. The Bertz CT molecular complexity index is 171. The topological polar surface area (TPSA) is 76.4 Å². The first-order valence-electron chi connectivity index (χ1n) is 4.04. The largest absolute Gasteiger partial charge is 0.369 e. The van der Waals surface area contributed by atoms with Crippen LogP contribution in [-0.4, -0.2) is 23.5 Å². The molecule has 0 amide bonds. The molecule has 1 rings (SSSR count). The van der Waals surface area contributed by atoms with Crippen molar-refractivity contribution in [2.24, 2.45) is 16.6 Å². The summed E-state index contributed by atoms with van der Waals surface area (Å²) in [6.07, 6.45) is 5.93. The number of nitrogens with one attached hydrogen (secondary N) is 1. The van der Waals surface area contributed by atoms with Crippen molar-refractivity contribution in [2.75, 3.05) is 12.8 Å². The van der Waals surface area contributed by atoms with Crippen molar-refractivity contribution in [3.8, 4) is 0 Å². The van der Waals surface area contributed by atoms with Crippen LogP contribution in [0.5, 0.6) is 0 Å². The Labute approximate surface area is 77.1 Å². The Morgan fingerprint density at radius 1 is 1.67 bits per heavy atom. The second kappa shape index (κ2) is 4.00. The Balaban J connectivity index is 2.38. The summed E-state index contributed by atoms with van der Waals surface area (Å²) < 4.78 is 0.349. The van der Waals surface area contributed by atoms with E-state index in [9.17, 15) is 0 Å². The smallest absolute Gasteiger partial charge is 0.203 e. The highest BCUT2D eigenvalue weighted by molar-refractivity contribution is 8.00. The summed E-state index contributed by atoms with van der Waals surface area (Å²) in [5.74, 6) is 5.42. The number of aliphatic imine (C=N–C) groups is 1. The normalized spacial score (nSPS) is 21.7. The maximum atomic E-state index is 5.42. The molecule has 0 bridgehead atoms. The lowest BCUT2D eigenvalue weighted by Gasteiger charge is -2.39. The lowest BCUT2D eigenvalue weighted by molar-refractivity contribution is 0.372. The highest BCUT2D eigenvalue weighted by Gasteiger charge is 2.35. The fourth-order valence-corrected chi connectivity index (χ4v) is 2.16. The molecule has 1 fully saturated rings. The van der Waals surface area contributed by atoms with E-state index in [2.05, 4.69) is 16.7 Å². The Morgan fingerprint density at radius 3 is 2.67 bits per heavy atom. The predicted molar refractivity (Wildman–Crippen MR) is 53.9 cm³/mol. The van der Waals surface area contributed by atoms with Gasteiger partial charge in [0.25, 0.3) is 0 Å². The third kappa shape index (κ3) is 2.04. The first-order valence-corrected chi connectivity index (χ1v) is 5.26. The van der Waals surface area contributed by atoms with Gasteiger partial charge in [-0.05, 0) is 19.1 Å². The van der Waals surface area contributed by atoms with Crippen molar-refractivity contribution in [3.05, 3.63) is 0 Å². The predicted octanol–water partition coefficient (Wildman–Crippen LogP) is 0.0501. The quantitative estimate of drug-likeness (QED) is 0.253. The molecular formula is C7H16N4S. The van der Waals surface area contributed by atoms with Crippen LogP contribution in [0.2, 0.25) is 0 Å². The molecule has 0 aromatic rings. The van der Waals surface area contributed by atoms with Gasteiger partial charge < -0.3 is 5.73 Å². The van der Waals surface area contributed by atoms with Crippen LogP contribution in [0.4, 0.5) is 0 Å². The van der Waals surface area contributed by atoms with Crippen molar-refractivity contribution < 1.29 is 0 Å². The Kier molecular flexibility index (Phi) is 3.22. The van der Waals surface area contributed by atoms with Crippen molar-refractivity contribution in [3.63, 3.8) is 0 Å². The van der Waals surface area contributed by atoms with Gasteiger partial charge in [0.2, 0.25) is 5.96 Å². The van der Waals surface area contributed by atoms with Gasteiger partial charge in [-0.2, -0.15) is 11.8 Å². The lowest BCUT2D eigenvalue weighted by atomic mass is 9.84. The van der Waals surface area contributed by atoms with Crippen molar-refractivity contribution in [2.45, 2.75) is 24.0 Å². The molecule has 0 unspecified atom stereocenters. The zero-order valence-corrected chi connectivity index (χ0v) is 8.16. The second-order valence-electron chi connectivity index (χ2n) is 3.09. The van der Waals surface area contributed by atoms with E-state index in [0.717, 1.165) is 6.54 Å². The molecule has 0 heterocycles. The number of hydrogen-bond acceptors (Lipinski definition) is 3. The van der Waals surface area contributed by atoms with Gasteiger partial charge in [0.1, 0.15) is 0 Å². The minimum Gasteiger partial charge on any atom is -0.369 e. The van der Waals surface area contributed by atoms with Gasteiger partial charge in [0.05, 0.1) is 6.54 Å². The van der Waals surface area contributed by atoms with E-state index in [1.54, 1.807) is 0 Å². The monoisotopic (exact) mass is 188 g/mol. The highest BCUT2D eigenvalue weighted by Crippen LogP contribution is 2.42. The van der Waals surface area contributed by atoms with E-state index in [-0.39, 0.29) is 0 Å². The first-order chi connectivity index (χ1) is 5.72. The molecule has 5 heteroatoms. The number of guanidine groups is 1. The number of nitrogens with two attached hydrogens (primary N) is 2. The summed E-state index contributed by atoms with van der Waals surface area (Å²) in [7, 11) is 0. The van der Waals surface area contributed by atoms with Gasteiger partial charge in [0, 0.05) is 4.75 Å². The van der Waals surface area contributed by atoms with Crippen molar-refractivity contribution in [1.82, 2.24) is 5.43 Å². The van der Waals surface area contributed by atoms with Crippen LogP contribution in [0.25, 0.3) is 0 Å². The van der Waals surface area contributed by atoms with Crippen LogP contribution >= 0.6 is 11.8 Å². The molecule has 12 heavy (non-hydrogen) atoms. The van der Waals surface area contributed by atoms with E-state index in [4.69, 9.17) is 11.6 Å². The molecule has 0 aromatic carbocycles. The zero-order chi connectivity index (χ0) is 9.03. The maximum Gasteiger partial charge on any atom is 0.203 e. The van der Waals surface area contributed by atoms with Crippen LogP contribution in [0.15, 0.2) is 4.99 Å². The zero-order valence-electron chi connectivity index (χ0n) is 7.34. The second-order valence-corrected chi connectivity index (χ2v) is 4.36. The summed E-state index contributed by atoms with van der Waals surface area (Å²) in [5.41, 5.74) is 7.75. The molecule has 0 saturated heterocycles. The van der Waals surface area contributed by atoms with E-state index in [1.807, 2.05) is 11.8 Å². The SMILES string of the molecule is CSC1(CN=C(N)NN)CCC1. The van der Waals surface area contributed by atoms with Gasteiger partial charge >= 0.3 is 0 Å². The fraction of sp³-hybridized carbons (Fsp3) is 0.857. The van der Waals surface area contributed by atoms with Gasteiger partial charge in [-0.1, -0.05) is 6.42 Å². The minimum atomic E-state index is 0.329. The summed E-state index contributed by atoms with van der Waals surface area (Å²) in [5, 5.41) is 0. The molecule has 4 nitrogen and oxygen atoms in total. The minimum absolute atomic E-state index is 0.329. The fourth-order valence-electron chi connectivity index (χ4n) is 1.27. The van der Waals surface area contributed by atoms with Crippen molar-refractivity contribution >= 4 is 17.7 Å². The average molecular weight is 188 g/mol. The van der Waals surface area contributed by atoms with Crippen LogP contribution in [0.1, 0.15) is 19.3 Å². The van der Waals surface area contributed by atoms with Gasteiger partial charge in [-0.3, -0.25) is 10.4 Å². The van der Waals surface area contributed by atoms with E-state index in [1.165, 1.54) is 19.3 Å². The van der Waals surface area contributed by atoms with Crippen LogP contribution in [0.3, 0.4) is 0 Å². The average Bonchev–Trinajstić information content (AvgIpc) is 2.03. The third-order valence-electron chi connectivity index (χ3n) is 2.38. The summed E-state index contributed by atoms with van der Waals surface area (Å²) in [6, 6.07) is 0. The van der Waals surface area contributed by atoms with Crippen LogP contribution < -0.4 is 17.0 Å². The third-order valence-corrected chi connectivity index (χ3v) is 3.79. The molecule has 1 aliphatic carbocycles. The highest BCUT2D eigenvalue weighted by atomic mass is 32.2. The maximum absolute atomic E-state index is 5.42. The van der Waals surface area contributed by atoms with E-state index in [0.29, 0.717) is 10.7 Å². The molecule has 5 N–H and O–H groups in total. The van der Waals surface area contributed by atoms with Crippen LogP contribution in [0, 0.1) is 0 Å². The number of hydrogen-bond donors (Lipinski definition) is 3. The van der Waals surface area contributed by atoms with Crippen LogP contribution in [-0.2, 0) is 0 Å². The number of thioether (sulfide) groups is 1. The molecule has 1 aliphatic rings. The molecule has 0 aliphatic heterocycles. The number of rotatable bonds is 3. The summed E-state index contributed by atoms with van der Waals surface area (Å²) in [4.78, 5) is 4.15. The first kappa shape index (κ1) is 9.67. The lowest BCUT2D eigenvalue weighted by Crippen LogP contribution is -2.41. The number of nitrogens with zero attached hydrogens (tertiary/aromatic N) is 1. The molecule has 0 radical (unpaired) electrons. The molecule has 70 valence electrons. The Morgan fingerprint density at radius 2 is 2.33 bits per heavy atom. The summed E-state index contributed by atoms with van der Waals surface area (Å²) >= 11 is 1.88.